The van der Waals surface area contributed by atoms with E-state index in [0.29, 0.717) is 29.7 Å². The van der Waals surface area contributed by atoms with Gasteiger partial charge in [0.05, 0.1) is 11.5 Å². The summed E-state index contributed by atoms with van der Waals surface area (Å²) in [5.74, 6) is -1.73. The zero-order chi connectivity index (χ0) is 28.3. The van der Waals surface area contributed by atoms with E-state index in [1.165, 1.54) is 4.90 Å². The minimum Gasteiger partial charge on any atom is -0.480 e. The summed E-state index contributed by atoms with van der Waals surface area (Å²) in [4.78, 5) is 39.1. The van der Waals surface area contributed by atoms with Crippen LogP contribution in [0.25, 0.3) is 11.1 Å². The molecule has 1 atom stereocenters. The van der Waals surface area contributed by atoms with E-state index in [9.17, 15) is 24.8 Å². The van der Waals surface area contributed by atoms with Crippen LogP contribution in [0.1, 0.15) is 72.4 Å². The number of hydrogen-bond donors (Lipinski definition) is 2. The van der Waals surface area contributed by atoms with E-state index in [4.69, 9.17) is 0 Å². The van der Waals surface area contributed by atoms with Crippen molar-refractivity contribution in [1.82, 2.24) is 4.90 Å². The number of carboxylic acids is 1. The first kappa shape index (κ1) is 27.6. The number of fused-ring (bicyclic) bond motifs is 1. The highest BCUT2D eigenvalue weighted by Gasteiger charge is 2.38. The van der Waals surface area contributed by atoms with E-state index in [2.05, 4.69) is 11.4 Å². The van der Waals surface area contributed by atoms with Gasteiger partial charge in [-0.25, -0.2) is 4.79 Å². The molecule has 0 saturated carbocycles. The minimum atomic E-state index is -1.00. The number of anilines is 1. The summed E-state index contributed by atoms with van der Waals surface area (Å²) in [6.45, 7) is 7.87. The van der Waals surface area contributed by atoms with Gasteiger partial charge in [-0.1, -0.05) is 64.1 Å². The van der Waals surface area contributed by atoms with Crippen LogP contribution >= 0.6 is 0 Å². The molecule has 0 unspecified atom stereocenters. The first-order valence-electron chi connectivity index (χ1n) is 13.2. The third kappa shape index (κ3) is 5.28. The second-order valence-electron chi connectivity index (χ2n) is 10.3. The number of nitrogens with one attached hydrogen (secondary N) is 1. The van der Waals surface area contributed by atoms with Gasteiger partial charge in [-0.05, 0) is 71.3 Å². The van der Waals surface area contributed by atoms with E-state index in [0.717, 1.165) is 22.3 Å². The van der Waals surface area contributed by atoms with Crippen molar-refractivity contribution in [3.05, 3.63) is 89.0 Å². The van der Waals surface area contributed by atoms with E-state index < -0.39 is 17.4 Å². The Morgan fingerprint density at radius 1 is 1.00 bits per heavy atom. The first-order valence-corrected chi connectivity index (χ1v) is 13.2. The van der Waals surface area contributed by atoms with Gasteiger partial charge in [0.2, 0.25) is 0 Å². The molecule has 200 valence electrons. The molecule has 1 aliphatic rings. The molecule has 0 radical (unpaired) electrons. The Morgan fingerprint density at radius 3 is 2.15 bits per heavy atom. The molecule has 7 heteroatoms. The molecular weight excluding hydrogens is 490 g/mol. The van der Waals surface area contributed by atoms with Gasteiger partial charge in [-0.3, -0.25) is 9.59 Å². The number of nitrogens with zero attached hydrogens (tertiary/aromatic N) is 2. The summed E-state index contributed by atoms with van der Waals surface area (Å²) in [6, 6.07) is 21.7. The highest BCUT2D eigenvalue weighted by atomic mass is 16.4. The van der Waals surface area contributed by atoms with Crippen molar-refractivity contribution in [1.29, 1.82) is 5.26 Å². The number of nitriles is 1. The van der Waals surface area contributed by atoms with Crippen LogP contribution < -0.4 is 5.32 Å². The lowest BCUT2D eigenvalue weighted by Crippen LogP contribution is -2.44. The van der Waals surface area contributed by atoms with Gasteiger partial charge in [-0.15, -0.1) is 0 Å². The van der Waals surface area contributed by atoms with E-state index in [1.54, 1.807) is 44.2 Å². The summed E-state index contributed by atoms with van der Waals surface area (Å²) < 4.78 is 0. The normalized spacial score (nSPS) is 13.6. The van der Waals surface area contributed by atoms with Crippen molar-refractivity contribution < 1.29 is 19.5 Å². The number of carboxylic acid groups (broad SMARTS) is 1. The minimum absolute atomic E-state index is 0.209. The van der Waals surface area contributed by atoms with Crippen molar-refractivity contribution >= 4 is 23.5 Å². The lowest BCUT2D eigenvalue weighted by molar-refractivity contribution is -0.144. The molecule has 3 aromatic rings. The molecule has 0 saturated heterocycles. The van der Waals surface area contributed by atoms with Gasteiger partial charge in [0.1, 0.15) is 6.04 Å². The Labute approximate surface area is 229 Å². The molecule has 2 amide bonds. The van der Waals surface area contributed by atoms with Crippen molar-refractivity contribution in [2.24, 2.45) is 5.92 Å². The van der Waals surface area contributed by atoms with Gasteiger partial charge in [0, 0.05) is 23.4 Å². The average molecular weight is 524 g/mol. The number of carbonyl (C=O) groups excluding carboxylic acids is 2. The quantitative estimate of drug-likeness (QED) is 0.344. The molecule has 1 heterocycles. The Kier molecular flexibility index (Phi) is 7.87. The summed E-state index contributed by atoms with van der Waals surface area (Å²) in [7, 11) is 0. The molecule has 3 aromatic carbocycles. The Balaban J connectivity index is 1.47. The van der Waals surface area contributed by atoms with E-state index >= 15 is 0 Å². The zero-order valence-electron chi connectivity index (χ0n) is 22.7. The third-order valence-electron chi connectivity index (χ3n) is 7.76. The van der Waals surface area contributed by atoms with Crippen LogP contribution in [0.3, 0.4) is 0 Å². The van der Waals surface area contributed by atoms with Gasteiger partial charge >= 0.3 is 5.97 Å². The predicted molar refractivity (Wildman–Crippen MR) is 150 cm³/mol. The van der Waals surface area contributed by atoms with Crippen molar-refractivity contribution in [3.63, 3.8) is 0 Å². The van der Waals surface area contributed by atoms with Gasteiger partial charge in [0.25, 0.3) is 11.8 Å². The number of carbonyl (C=O) groups is 3. The van der Waals surface area contributed by atoms with Gasteiger partial charge < -0.3 is 15.3 Å². The summed E-state index contributed by atoms with van der Waals surface area (Å²) >= 11 is 0. The largest absolute Gasteiger partial charge is 0.480 e. The topological polar surface area (TPSA) is 111 Å². The Hall–Kier alpha value is -4.44. The van der Waals surface area contributed by atoms with Crippen molar-refractivity contribution in [2.45, 2.75) is 58.5 Å². The SMILES string of the molecule is CCC(C#N)(CC)c1ccc(C(=O)Nc2ccc(-c3ccc4c(c3)C(=O)N([C@H](C(=O)O)C(C)C)C4)cc2)cc1. The van der Waals surface area contributed by atoms with Crippen LogP contribution in [-0.2, 0) is 16.8 Å². The van der Waals surface area contributed by atoms with Crippen LogP contribution in [0.5, 0.6) is 0 Å². The molecular formula is C32H33N3O4. The predicted octanol–water partition coefficient (Wildman–Crippen LogP) is 6.25. The lowest BCUT2D eigenvalue weighted by atomic mass is 9.77. The Morgan fingerprint density at radius 2 is 1.62 bits per heavy atom. The number of rotatable bonds is 9. The second kappa shape index (κ2) is 11.1. The van der Waals surface area contributed by atoms with E-state index in [1.807, 2.05) is 50.2 Å². The summed E-state index contributed by atoms with van der Waals surface area (Å²) in [6.07, 6.45) is 1.41. The van der Waals surface area contributed by atoms with Crippen molar-refractivity contribution in [3.8, 4) is 17.2 Å². The third-order valence-corrected chi connectivity index (χ3v) is 7.76. The van der Waals surface area contributed by atoms with Gasteiger partial charge in [-0.2, -0.15) is 5.26 Å². The van der Waals surface area contributed by atoms with Crippen LogP contribution in [0.15, 0.2) is 66.7 Å². The van der Waals surface area contributed by atoms with Crippen LogP contribution in [0.2, 0.25) is 0 Å². The molecule has 39 heavy (non-hydrogen) atoms. The number of amides is 2. The van der Waals surface area contributed by atoms with E-state index in [-0.39, 0.29) is 24.3 Å². The maximum Gasteiger partial charge on any atom is 0.326 e. The maximum absolute atomic E-state index is 13.1. The molecule has 4 rings (SSSR count). The number of aliphatic carboxylic acids is 1. The van der Waals surface area contributed by atoms with Crippen molar-refractivity contribution in [2.75, 3.05) is 5.32 Å². The fraction of sp³-hybridized carbons (Fsp3) is 0.312. The van der Waals surface area contributed by atoms with Crippen LogP contribution in [0.4, 0.5) is 5.69 Å². The highest BCUT2D eigenvalue weighted by molar-refractivity contribution is 6.04. The fourth-order valence-electron chi connectivity index (χ4n) is 5.28. The smallest absolute Gasteiger partial charge is 0.326 e. The van der Waals surface area contributed by atoms with Crippen LogP contribution in [-0.4, -0.2) is 33.8 Å². The molecule has 0 aliphatic carbocycles. The first-order chi connectivity index (χ1) is 18.6. The monoisotopic (exact) mass is 523 g/mol. The zero-order valence-corrected chi connectivity index (χ0v) is 22.7. The number of benzene rings is 3. The summed E-state index contributed by atoms with van der Waals surface area (Å²) in [5.41, 5.74) is 4.54. The molecule has 1 aliphatic heterocycles. The standard InChI is InChI=1S/C32H33N3O4/c1-5-32(6-2,19-33)25-13-9-22(10-14-25)29(36)34-26-15-11-21(12-16-26)23-7-8-24-18-35(30(37)27(24)17-23)28(20(3)4)31(38)39/h7-17,20,28H,5-6,18H2,1-4H3,(H,34,36)(H,38,39)/t28-/m0/s1. The maximum atomic E-state index is 13.1. The molecule has 0 bridgehead atoms. The average Bonchev–Trinajstić information content (AvgIpc) is 3.25. The Bertz CT molecular complexity index is 1430. The fourth-order valence-corrected chi connectivity index (χ4v) is 5.28. The lowest BCUT2D eigenvalue weighted by Gasteiger charge is -2.27. The second-order valence-corrected chi connectivity index (χ2v) is 10.3. The summed E-state index contributed by atoms with van der Waals surface area (Å²) in [5, 5.41) is 22.2. The molecule has 2 N–H and O–H groups in total. The number of hydrogen-bond acceptors (Lipinski definition) is 4. The molecule has 0 aromatic heterocycles. The molecule has 7 nitrogen and oxygen atoms in total. The van der Waals surface area contributed by atoms with Crippen LogP contribution in [0, 0.1) is 17.2 Å². The molecule has 0 fully saturated rings. The van der Waals surface area contributed by atoms with Gasteiger partial charge in [0.15, 0.2) is 0 Å². The highest BCUT2D eigenvalue weighted by Crippen LogP contribution is 2.33. The molecule has 0 spiro atoms.